The van der Waals surface area contributed by atoms with Crippen LogP contribution in [0.5, 0.6) is 0 Å². The number of carbonyl (C=O) groups is 2. The van der Waals surface area contributed by atoms with Crippen molar-refractivity contribution < 1.29 is 19.4 Å². The molecule has 1 saturated carbocycles. The molecule has 2 fully saturated rings. The molecule has 0 aromatic heterocycles. The van der Waals surface area contributed by atoms with Crippen LogP contribution in [0.2, 0.25) is 0 Å². The van der Waals surface area contributed by atoms with Gasteiger partial charge in [-0.05, 0) is 38.0 Å². The molecule has 1 aliphatic heterocycles. The van der Waals surface area contributed by atoms with Crippen LogP contribution in [-0.4, -0.2) is 42.4 Å². The zero-order valence-corrected chi connectivity index (χ0v) is 12.0. The Kier molecular flexibility index (Phi) is 4.86. The maximum absolute atomic E-state index is 11.9. The third-order valence-corrected chi connectivity index (χ3v) is 4.47. The number of carboxylic acids is 1. The Morgan fingerprint density at radius 1 is 1.30 bits per heavy atom. The Morgan fingerprint density at radius 2 is 2.00 bits per heavy atom. The third-order valence-electron chi connectivity index (χ3n) is 4.47. The van der Waals surface area contributed by atoms with Gasteiger partial charge in [-0.1, -0.05) is 6.92 Å². The Bertz CT molecular complexity index is 358. The highest BCUT2D eigenvalue weighted by Crippen LogP contribution is 2.32. The number of hydrogen-bond acceptors (Lipinski definition) is 3. The minimum Gasteiger partial charge on any atom is -0.480 e. The molecule has 114 valence electrons. The molecule has 1 saturated heterocycles. The predicted octanol–water partition coefficient (Wildman–Crippen LogP) is 1.36. The van der Waals surface area contributed by atoms with E-state index in [0.717, 1.165) is 25.9 Å². The Morgan fingerprint density at radius 3 is 2.55 bits per heavy atom. The van der Waals surface area contributed by atoms with E-state index in [9.17, 15) is 14.7 Å². The van der Waals surface area contributed by atoms with Crippen LogP contribution in [0.3, 0.4) is 0 Å². The first-order valence-corrected chi connectivity index (χ1v) is 7.39. The van der Waals surface area contributed by atoms with Crippen molar-refractivity contribution in [3.63, 3.8) is 0 Å². The lowest BCUT2D eigenvalue weighted by Gasteiger charge is -2.36. The first kappa shape index (κ1) is 15.1. The standard InChI is InChI=1S/C14H24N2O4/c1-10-2-5-14(6-3-10,12(17)18)16-13(19)15-8-11-4-7-20-9-11/h10-11H,2-9H2,1H3,(H,17,18)(H2,15,16,19). The zero-order valence-electron chi connectivity index (χ0n) is 12.0. The summed E-state index contributed by atoms with van der Waals surface area (Å²) in [6, 6.07) is -0.381. The van der Waals surface area contributed by atoms with Crippen LogP contribution >= 0.6 is 0 Å². The van der Waals surface area contributed by atoms with Crippen molar-refractivity contribution in [1.29, 1.82) is 0 Å². The summed E-state index contributed by atoms with van der Waals surface area (Å²) in [4.78, 5) is 23.4. The molecule has 3 N–H and O–H groups in total. The van der Waals surface area contributed by atoms with Crippen LogP contribution < -0.4 is 10.6 Å². The normalized spacial score (nSPS) is 33.6. The van der Waals surface area contributed by atoms with Gasteiger partial charge in [-0.3, -0.25) is 0 Å². The monoisotopic (exact) mass is 284 g/mol. The quantitative estimate of drug-likeness (QED) is 0.727. The van der Waals surface area contributed by atoms with Crippen molar-refractivity contribution in [3.05, 3.63) is 0 Å². The van der Waals surface area contributed by atoms with Crippen LogP contribution in [-0.2, 0) is 9.53 Å². The van der Waals surface area contributed by atoms with E-state index in [1.165, 1.54) is 0 Å². The highest BCUT2D eigenvalue weighted by Gasteiger charge is 2.42. The van der Waals surface area contributed by atoms with E-state index in [1.54, 1.807) is 0 Å². The number of urea groups is 1. The molecule has 0 spiro atoms. The highest BCUT2D eigenvalue weighted by molar-refractivity contribution is 5.86. The summed E-state index contributed by atoms with van der Waals surface area (Å²) in [5.74, 6) is -0.0559. The fraction of sp³-hybridized carbons (Fsp3) is 0.857. The molecule has 1 atom stereocenters. The van der Waals surface area contributed by atoms with Crippen LogP contribution in [0.15, 0.2) is 0 Å². The van der Waals surface area contributed by atoms with Gasteiger partial charge in [0.1, 0.15) is 5.54 Å². The molecule has 6 heteroatoms. The fourth-order valence-corrected chi connectivity index (χ4v) is 2.89. The van der Waals surface area contributed by atoms with Gasteiger partial charge in [0.25, 0.3) is 0 Å². The maximum Gasteiger partial charge on any atom is 0.329 e. The first-order chi connectivity index (χ1) is 9.52. The van der Waals surface area contributed by atoms with Crippen molar-refractivity contribution >= 4 is 12.0 Å². The van der Waals surface area contributed by atoms with E-state index < -0.39 is 11.5 Å². The van der Waals surface area contributed by atoms with Gasteiger partial charge in [0.05, 0.1) is 6.61 Å². The lowest BCUT2D eigenvalue weighted by atomic mass is 9.77. The van der Waals surface area contributed by atoms with Crippen molar-refractivity contribution in [2.24, 2.45) is 11.8 Å². The van der Waals surface area contributed by atoms with Crippen molar-refractivity contribution in [2.45, 2.75) is 44.6 Å². The van der Waals surface area contributed by atoms with Crippen LogP contribution in [0.1, 0.15) is 39.0 Å². The maximum atomic E-state index is 11.9. The van der Waals surface area contributed by atoms with E-state index in [2.05, 4.69) is 17.6 Å². The number of rotatable bonds is 4. The second-order valence-electron chi connectivity index (χ2n) is 6.13. The first-order valence-electron chi connectivity index (χ1n) is 7.39. The van der Waals surface area contributed by atoms with Gasteiger partial charge in [0, 0.05) is 19.1 Å². The number of ether oxygens (including phenoxy) is 1. The molecular formula is C14H24N2O4. The highest BCUT2D eigenvalue weighted by atomic mass is 16.5. The molecular weight excluding hydrogens is 260 g/mol. The molecule has 6 nitrogen and oxygen atoms in total. The molecule has 1 unspecified atom stereocenters. The van der Waals surface area contributed by atoms with Crippen molar-refractivity contribution in [1.82, 2.24) is 10.6 Å². The Hall–Kier alpha value is -1.30. The summed E-state index contributed by atoms with van der Waals surface area (Å²) < 4.78 is 5.24. The minimum atomic E-state index is -1.09. The van der Waals surface area contributed by atoms with E-state index in [0.29, 0.717) is 37.8 Å². The van der Waals surface area contributed by atoms with Gasteiger partial charge in [-0.15, -0.1) is 0 Å². The minimum absolute atomic E-state index is 0.341. The lowest BCUT2D eigenvalue weighted by molar-refractivity contribution is -0.146. The van der Waals surface area contributed by atoms with Crippen LogP contribution in [0.4, 0.5) is 4.79 Å². The molecule has 2 rings (SSSR count). The van der Waals surface area contributed by atoms with Gasteiger partial charge in [-0.25, -0.2) is 9.59 Å². The molecule has 2 amide bonds. The van der Waals surface area contributed by atoms with Crippen LogP contribution in [0, 0.1) is 11.8 Å². The molecule has 1 aliphatic carbocycles. The van der Waals surface area contributed by atoms with Gasteiger partial charge in [0.2, 0.25) is 0 Å². The largest absolute Gasteiger partial charge is 0.480 e. The van der Waals surface area contributed by atoms with Crippen molar-refractivity contribution in [3.8, 4) is 0 Å². The van der Waals surface area contributed by atoms with Crippen molar-refractivity contribution in [2.75, 3.05) is 19.8 Å². The van der Waals surface area contributed by atoms with E-state index in [1.807, 2.05) is 0 Å². The third kappa shape index (κ3) is 3.62. The summed E-state index contributed by atoms with van der Waals surface area (Å²) in [5.41, 5.74) is -1.09. The second-order valence-corrected chi connectivity index (χ2v) is 6.13. The Labute approximate surface area is 119 Å². The number of amides is 2. The topological polar surface area (TPSA) is 87.7 Å². The summed E-state index contributed by atoms with van der Waals surface area (Å²) in [6.45, 7) is 4.07. The van der Waals surface area contributed by atoms with Gasteiger partial charge >= 0.3 is 12.0 Å². The Balaban J connectivity index is 1.84. The number of nitrogens with one attached hydrogen (secondary N) is 2. The molecule has 2 aliphatic rings. The van der Waals surface area contributed by atoms with Gasteiger partial charge in [-0.2, -0.15) is 0 Å². The lowest BCUT2D eigenvalue weighted by Crippen LogP contribution is -2.58. The SMILES string of the molecule is CC1CCC(NC(=O)NCC2CCOC2)(C(=O)O)CC1. The average Bonchev–Trinajstić information content (AvgIpc) is 2.92. The molecule has 0 radical (unpaired) electrons. The summed E-state index contributed by atoms with van der Waals surface area (Å²) in [7, 11) is 0. The molecule has 0 aromatic rings. The predicted molar refractivity (Wildman–Crippen MR) is 73.5 cm³/mol. The number of aliphatic carboxylic acids is 1. The van der Waals surface area contributed by atoms with E-state index in [4.69, 9.17) is 4.74 Å². The van der Waals surface area contributed by atoms with Gasteiger partial charge in [0.15, 0.2) is 0 Å². The van der Waals surface area contributed by atoms with E-state index >= 15 is 0 Å². The molecule has 0 bridgehead atoms. The smallest absolute Gasteiger partial charge is 0.329 e. The number of hydrogen-bond donors (Lipinski definition) is 3. The zero-order chi connectivity index (χ0) is 14.6. The fourth-order valence-electron chi connectivity index (χ4n) is 2.89. The molecule has 1 heterocycles. The average molecular weight is 284 g/mol. The summed E-state index contributed by atoms with van der Waals surface area (Å²) >= 11 is 0. The number of carbonyl (C=O) groups excluding carboxylic acids is 1. The number of carboxylic acid groups (broad SMARTS) is 1. The van der Waals surface area contributed by atoms with E-state index in [-0.39, 0.29) is 6.03 Å². The summed E-state index contributed by atoms with van der Waals surface area (Å²) in [5, 5.41) is 14.9. The second kappa shape index (κ2) is 6.43. The molecule has 0 aromatic carbocycles. The van der Waals surface area contributed by atoms with Crippen LogP contribution in [0.25, 0.3) is 0 Å². The molecule has 20 heavy (non-hydrogen) atoms. The van der Waals surface area contributed by atoms with Gasteiger partial charge < -0.3 is 20.5 Å². The summed E-state index contributed by atoms with van der Waals surface area (Å²) in [6.07, 6.45) is 3.63.